The van der Waals surface area contributed by atoms with Gasteiger partial charge in [0.2, 0.25) is 11.6 Å². The molecule has 0 aliphatic heterocycles. The molecule has 0 atom stereocenters. The van der Waals surface area contributed by atoms with E-state index >= 15 is 0 Å². The van der Waals surface area contributed by atoms with Gasteiger partial charge in [0.25, 0.3) is 0 Å². The third-order valence-electron chi connectivity index (χ3n) is 2.57. The van der Waals surface area contributed by atoms with Crippen LogP contribution in [0.5, 0.6) is 11.5 Å². The lowest BCUT2D eigenvalue weighted by molar-refractivity contribution is 0.366. The topological polar surface area (TPSA) is 40.5 Å². The first kappa shape index (κ1) is 14.0. The van der Waals surface area contributed by atoms with Crippen molar-refractivity contribution in [3.63, 3.8) is 0 Å². The van der Waals surface area contributed by atoms with E-state index in [0.717, 1.165) is 0 Å². The van der Waals surface area contributed by atoms with Gasteiger partial charge in [-0.05, 0) is 12.1 Å². The van der Waals surface area contributed by atoms with E-state index in [9.17, 15) is 36.6 Å². The molecule has 0 saturated carbocycles. The van der Waals surface area contributed by atoms with Gasteiger partial charge in [-0.15, -0.1) is 0 Å². The van der Waals surface area contributed by atoms with E-state index in [1.165, 1.54) is 0 Å². The van der Waals surface area contributed by atoms with Crippen LogP contribution in [0.3, 0.4) is 0 Å². The smallest absolute Gasteiger partial charge is 0.204 e. The normalized spacial score (nSPS) is 10.9. The van der Waals surface area contributed by atoms with Gasteiger partial charge in [-0.3, -0.25) is 0 Å². The minimum absolute atomic E-state index is 0.472. The van der Waals surface area contributed by atoms with Gasteiger partial charge in [0.15, 0.2) is 29.0 Å². The maximum absolute atomic E-state index is 13.5. The summed E-state index contributed by atoms with van der Waals surface area (Å²) in [5.74, 6) is -15.3. The molecule has 0 amide bonds. The summed E-state index contributed by atoms with van der Waals surface area (Å²) in [4.78, 5) is 0. The fraction of sp³-hybridized carbons (Fsp3) is 0. The number of phenols is 2. The summed E-state index contributed by atoms with van der Waals surface area (Å²) < 4.78 is 79.2. The lowest BCUT2D eigenvalue weighted by Crippen LogP contribution is -2.02. The highest BCUT2D eigenvalue weighted by molar-refractivity contribution is 5.76. The number of benzene rings is 2. The van der Waals surface area contributed by atoms with Crippen molar-refractivity contribution in [2.24, 2.45) is 0 Å². The molecule has 0 heterocycles. The Labute approximate surface area is 107 Å². The lowest BCUT2D eigenvalue weighted by atomic mass is 10.0. The molecule has 0 fully saturated rings. The molecule has 0 aliphatic carbocycles. The maximum Gasteiger partial charge on any atom is 0.204 e. The first-order chi connectivity index (χ1) is 9.27. The summed E-state index contributed by atoms with van der Waals surface area (Å²) >= 11 is 0. The third-order valence-corrected chi connectivity index (χ3v) is 2.57. The molecular weight excluding hydrogens is 290 g/mol. The number of hydrogen-bond acceptors (Lipinski definition) is 2. The monoisotopic (exact) mass is 294 g/mol. The fourth-order valence-electron chi connectivity index (χ4n) is 1.63. The van der Waals surface area contributed by atoms with Gasteiger partial charge in [0.1, 0.15) is 5.75 Å². The van der Waals surface area contributed by atoms with Crippen molar-refractivity contribution in [1.82, 2.24) is 0 Å². The Kier molecular flexibility index (Phi) is 3.24. The molecule has 0 saturated heterocycles. The van der Waals surface area contributed by atoms with Crippen LogP contribution in [-0.2, 0) is 0 Å². The van der Waals surface area contributed by atoms with Crippen LogP contribution in [0.4, 0.5) is 26.3 Å². The zero-order valence-electron chi connectivity index (χ0n) is 9.32. The Balaban J connectivity index is 2.95. The molecule has 0 bridgehead atoms. The lowest BCUT2D eigenvalue weighted by Gasteiger charge is -2.12. The average molecular weight is 294 g/mol. The summed E-state index contributed by atoms with van der Waals surface area (Å²) in [6, 6.07) is 1.05. The van der Waals surface area contributed by atoms with E-state index in [1.807, 2.05) is 0 Å². The molecule has 2 rings (SSSR count). The molecule has 0 unspecified atom stereocenters. The van der Waals surface area contributed by atoms with Gasteiger partial charge in [-0.25, -0.2) is 22.0 Å². The first-order valence-electron chi connectivity index (χ1n) is 4.99. The Hall–Kier alpha value is -2.38. The predicted octanol–water partition coefficient (Wildman–Crippen LogP) is 3.60. The van der Waals surface area contributed by atoms with Crippen LogP contribution in [0.1, 0.15) is 0 Å². The van der Waals surface area contributed by atoms with Gasteiger partial charge < -0.3 is 10.2 Å². The minimum atomic E-state index is -2.33. The van der Waals surface area contributed by atoms with Crippen LogP contribution in [0.2, 0.25) is 0 Å². The van der Waals surface area contributed by atoms with Crippen molar-refractivity contribution in [2.45, 2.75) is 0 Å². The van der Waals surface area contributed by atoms with Crippen molar-refractivity contribution >= 4 is 0 Å². The van der Waals surface area contributed by atoms with Crippen LogP contribution in [-0.4, -0.2) is 10.2 Å². The number of rotatable bonds is 1. The second-order valence-corrected chi connectivity index (χ2v) is 3.74. The standard InChI is InChI=1S/C12H4F6O2/c13-3-1-2-4(19)5(7(3)14)6-8(15)9(16)10(17)11(18)12(6)20/h1-2,19-20H. The highest BCUT2D eigenvalue weighted by Gasteiger charge is 2.30. The van der Waals surface area contributed by atoms with Crippen molar-refractivity contribution in [1.29, 1.82) is 0 Å². The molecule has 2 aromatic rings. The van der Waals surface area contributed by atoms with Crippen molar-refractivity contribution in [2.75, 3.05) is 0 Å². The average Bonchev–Trinajstić information content (AvgIpc) is 2.42. The summed E-state index contributed by atoms with van der Waals surface area (Å²) in [6.07, 6.45) is 0. The Morgan fingerprint density at radius 1 is 0.600 bits per heavy atom. The highest BCUT2D eigenvalue weighted by atomic mass is 19.2. The van der Waals surface area contributed by atoms with E-state index in [1.54, 1.807) is 0 Å². The molecule has 20 heavy (non-hydrogen) atoms. The van der Waals surface area contributed by atoms with Crippen molar-refractivity contribution < 1.29 is 36.6 Å². The molecule has 0 radical (unpaired) electrons. The molecule has 2 aromatic carbocycles. The molecule has 0 aliphatic rings. The van der Waals surface area contributed by atoms with Crippen LogP contribution in [0.25, 0.3) is 11.1 Å². The summed E-state index contributed by atoms with van der Waals surface area (Å²) in [5, 5.41) is 18.6. The first-order valence-corrected chi connectivity index (χ1v) is 4.99. The minimum Gasteiger partial charge on any atom is -0.507 e. The zero-order chi connectivity index (χ0) is 15.2. The largest absolute Gasteiger partial charge is 0.507 e. The quantitative estimate of drug-likeness (QED) is 0.479. The molecule has 8 heteroatoms. The van der Waals surface area contributed by atoms with Gasteiger partial charge in [0.05, 0.1) is 11.1 Å². The number of hydrogen-bond donors (Lipinski definition) is 2. The number of phenolic OH excluding ortho intramolecular Hbond substituents is 2. The summed E-state index contributed by atoms with van der Waals surface area (Å²) in [6.45, 7) is 0. The van der Waals surface area contributed by atoms with Gasteiger partial charge in [-0.2, -0.15) is 4.39 Å². The molecule has 2 N–H and O–H groups in total. The van der Waals surface area contributed by atoms with Crippen LogP contribution in [0.15, 0.2) is 12.1 Å². The summed E-state index contributed by atoms with van der Waals surface area (Å²) in [7, 11) is 0. The summed E-state index contributed by atoms with van der Waals surface area (Å²) in [5.41, 5.74) is -2.84. The maximum atomic E-state index is 13.5. The van der Waals surface area contributed by atoms with Crippen LogP contribution in [0, 0.1) is 34.9 Å². The van der Waals surface area contributed by atoms with Crippen molar-refractivity contribution in [3.8, 4) is 22.6 Å². The molecule has 0 aromatic heterocycles. The fourth-order valence-corrected chi connectivity index (χ4v) is 1.63. The number of aromatic hydroxyl groups is 2. The Morgan fingerprint density at radius 3 is 1.75 bits per heavy atom. The van der Waals surface area contributed by atoms with Crippen LogP contribution >= 0.6 is 0 Å². The Morgan fingerprint density at radius 2 is 1.15 bits per heavy atom. The molecular formula is C12H4F6O2. The van der Waals surface area contributed by atoms with Gasteiger partial charge in [0, 0.05) is 0 Å². The van der Waals surface area contributed by atoms with E-state index < -0.39 is 57.5 Å². The van der Waals surface area contributed by atoms with E-state index in [4.69, 9.17) is 0 Å². The molecule has 0 spiro atoms. The highest BCUT2D eigenvalue weighted by Crippen LogP contribution is 2.42. The van der Waals surface area contributed by atoms with Crippen molar-refractivity contribution in [3.05, 3.63) is 47.0 Å². The van der Waals surface area contributed by atoms with Gasteiger partial charge >= 0.3 is 0 Å². The Bertz CT molecular complexity index is 685. The zero-order valence-corrected chi connectivity index (χ0v) is 9.32. The third kappa shape index (κ3) is 1.84. The second-order valence-electron chi connectivity index (χ2n) is 3.74. The second kappa shape index (κ2) is 4.62. The molecule has 106 valence electrons. The van der Waals surface area contributed by atoms with Crippen LogP contribution < -0.4 is 0 Å². The van der Waals surface area contributed by atoms with E-state index in [2.05, 4.69) is 0 Å². The van der Waals surface area contributed by atoms with Gasteiger partial charge in [-0.1, -0.05) is 0 Å². The number of halogens is 6. The van der Waals surface area contributed by atoms with E-state index in [0.29, 0.717) is 12.1 Å². The predicted molar refractivity (Wildman–Crippen MR) is 55.0 cm³/mol. The molecule has 2 nitrogen and oxygen atoms in total. The SMILES string of the molecule is Oc1ccc(F)c(F)c1-c1c(O)c(F)c(F)c(F)c1F. The van der Waals surface area contributed by atoms with E-state index in [-0.39, 0.29) is 0 Å².